The van der Waals surface area contributed by atoms with Gasteiger partial charge in [-0.2, -0.15) is 0 Å². The number of allylic oxidation sites excluding steroid dienone is 3. The fraction of sp³-hybridized carbons (Fsp3) is 0.600. The van der Waals surface area contributed by atoms with Crippen LogP contribution in [0.4, 0.5) is 0 Å². The second-order valence-corrected chi connectivity index (χ2v) is 9.55. The Morgan fingerprint density at radius 1 is 0.465 bits per heavy atom. The third kappa shape index (κ3) is 13.2. The maximum Gasteiger partial charge on any atom is 0.379 e. The predicted octanol–water partition coefficient (Wildman–Crippen LogP) is 4.51. The van der Waals surface area contributed by atoms with Crippen molar-refractivity contribution in [3.63, 3.8) is 0 Å². The topological polar surface area (TPSA) is 191 Å². The van der Waals surface area contributed by atoms with E-state index in [1.54, 1.807) is 20.8 Å². The molecular weight excluding hydrogens is 608 g/mol. The Balaban J connectivity index is 0.000000608. The zero-order valence-corrected chi connectivity index (χ0v) is 26.1. The second kappa shape index (κ2) is 21.3. The van der Waals surface area contributed by atoms with Gasteiger partial charge in [0.1, 0.15) is 0 Å². The van der Waals surface area contributed by atoms with Crippen LogP contribution in [0, 0.1) is 0 Å². The zero-order chi connectivity index (χ0) is 31.7. The molecule has 0 bridgehead atoms. The van der Waals surface area contributed by atoms with E-state index in [0.717, 1.165) is 38.5 Å². The van der Waals surface area contributed by atoms with Crippen LogP contribution in [0.5, 0.6) is 0 Å². The van der Waals surface area contributed by atoms with Crippen LogP contribution >= 0.6 is 0 Å². The van der Waals surface area contributed by atoms with Crippen LogP contribution in [0.25, 0.3) is 0 Å². The molecule has 0 unspecified atom stereocenters. The summed E-state index contributed by atoms with van der Waals surface area (Å²) < 4.78 is 13.7. The molecule has 0 spiro atoms. The number of ether oxygens (including phenoxy) is 3. The normalized spacial score (nSPS) is 16.3. The minimum Gasteiger partial charge on any atom is -0.512 e. The molecule has 43 heavy (non-hydrogen) atoms. The van der Waals surface area contributed by atoms with Crippen molar-refractivity contribution in [2.24, 2.45) is 0 Å². The fourth-order valence-corrected chi connectivity index (χ4v) is 4.36. The molecule has 0 atom stereocenters. The van der Waals surface area contributed by atoms with Crippen molar-refractivity contribution >= 4 is 35.3 Å². The first-order valence-electron chi connectivity index (χ1n) is 14.4. The largest absolute Gasteiger partial charge is 0.512 e. The van der Waals surface area contributed by atoms with Gasteiger partial charge in [-0.25, -0.2) is 14.4 Å². The summed E-state index contributed by atoms with van der Waals surface area (Å²) in [6.45, 7) is 5.46. The molecule has 0 aliphatic heterocycles. The van der Waals surface area contributed by atoms with Crippen molar-refractivity contribution in [1.29, 1.82) is 0 Å². The van der Waals surface area contributed by atoms with Crippen LogP contribution in [-0.2, 0) is 60.0 Å². The first-order chi connectivity index (χ1) is 20.0. The summed E-state index contributed by atoms with van der Waals surface area (Å²) in [5.74, 6) is -4.52. The molecule has 0 aromatic heterocycles. The molecule has 3 rings (SSSR count). The van der Waals surface area contributed by atoms with E-state index < -0.39 is 35.3 Å². The molecule has 3 aliphatic rings. The molecular formula is C30H42FeO12. The Bertz CT molecular complexity index is 978. The van der Waals surface area contributed by atoms with Gasteiger partial charge in [0.25, 0.3) is 17.3 Å². The monoisotopic (exact) mass is 650 g/mol. The number of hydrogen-bond acceptors (Lipinski definition) is 12. The van der Waals surface area contributed by atoms with Crippen LogP contribution in [0.3, 0.4) is 0 Å². The Morgan fingerprint density at radius 3 is 0.860 bits per heavy atom. The van der Waals surface area contributed by atoms with Crippen molar-refractivity contribution in [1.82, 2.24) is 0 Å². The Hall–Kier alpha value is -3.44. The molecule has 0 aromatic rings. The van der Waals surface area contributed by atoms with Gasteiger partial charge in [-0.1, -0.05) is 0 Å². The summed E-state index contributed by atoms with van der Waals surface area (Å²) in [5.41, 5.74) is 0.694. The van der Waals surface area contributed by atoms with E-state index in [-0.39, 0.29) is 70.9 Å². The molecule has 0 aromatic carbocycles. The Morgan fingerprint density at radius 2 is 0.674 bits per heavy atom. The quantitative estimate of drug-likeness (QED) is 0.137. The van der Waals surface area contributed by atoms with Crippen molar-refractivity contribution < 1.29 is 75.4 Å². The molecule has 0 amide bonds. The van der Waals surface area contributed by atoms with E-state index in [2.05, 4.69) is 14.2 Å². The second-order valence-electron chi connectivity index (χ2n) is 9.55. The summed E-state index contributed by atoms with van der Waals surface area (Å²) in [6, 6.07) is 0. The van der Waals surface area contributed by atoms with Gasteiger partial charge in [-0.15, -0.1) is 0 Å². The van der Waals surface area contributed by atoms with Gasteiger partial charge >= 0.3 is 17.9 Å². The summed E-state index contributed by atoms with van der Waals surface area (Å²) in [6.07, 6.45) is 8.00. The average molecular weight is 650 g/mol. The molecule has 0 fully saturated rings. The fourth-order valence-electron chi connectivity index (χ4n) is 4.36. The molecule has 3 N–H and O–H groups in total. The summed E-state index contributed by atoms with van der Waals surface area (Å²) in [5, 5.41) is 28.2. The van der Waals surface area contributed by atoms with Gasteiger partial charge in [-0.05, 0) is 78.6 Å². The summed E-state index contributed by atoms with van der Waals surface area (Å²) in [4.78, 5) is 67.4. The number of hydrogen-bond donors (Lipinski definition) is 3. The minimum absolute atomic E-state index is 0. The maximum atomic E-state index is 11.4. The molecule has 242 valence electrons. The van der Waals surface area contributed by atoms with Crippen LogP contribution in [0.1, 0.15) is 97.8 Å². The van der Waals surface area contributed by atoms with E-state index in [1.807, 2.05) is 0 Å². The van der Waals surface area contributed by atoms with Gasteiger partial charge in [0.2, 0.25) is 0 Å². The van der Waals surface area contributed by atoms with Crippen molar-refractivity contribution in [2.75, 3.05) is 19.8 Å². The molecule has 0 radical (unpaired) electrons. The van der Waals surface area contributed by atoms with Gasteiger partial charge < -0.3 is 29.5 Å². The van der Waals surface area contributed by atoms with Crippen molar-refractivity contribution in [2.45, 2.75) is 97.8 Å². The molecule has 0 saturated carbocycles. The van der Waals surface area contributed by atoms with Crippen molar-refractivity contribution in [3.8, 4) is 0 Å². The number of carbonyl (C=O) groups is 6. The van der Waals surface area contributed by atoms with Gasteiger partial charge in [0, 0.05) is 53.1 Å². The van der Waals surface area contributed by atoms with Gasteiger partial charge in [0.05, 0.1) is 37.1 Å². The predicted molar refractivity (Wildman–Crippen MR) is 149 cm³/mol. The molecule has 12 nitrogen and oxygen atoms in total. The SMILES string of the molecule is CCOC(=O)C(=O)C1=C(O)CCCC1.CCOC(=O)C(=O)C1=C(O)CCCC1.CCOC(=O)C(=O)C1=C(O)CCCC1.[Fe]. The summed E-state index contributed by atoms with van der Waals surface area (Å²) >= 11 is 0. The third-order valence-corrected chi connectivity index (χ3v) is 6.52. The standard InChI is InChI=1S/3C10H14O4.Fe/c3*1-2-14-10(13)9(12)7-5-3-4-6-8(7)11;/h3*11H,2-6H2,1H3;. The smallest absolute Gasteiger partial charge is 0.379 e. The van der Waals surface area contributed by atoms with Crippen LogP contribution < -0.4 is 0 Å². The number of carbonyl (C=O) groups excluding carboxylic acids is 6. The maximum absolute atomic E-state index is 11.4. The van der Waals surface area contributed by atoms with Crippen LogP contribution in [0.15, 0.2) is 34.0 Å². The van der Waals surface area contributed by atoms with Crippen LogP contribution in [-0.4, -0.2) is 70.4 Å². The van der Waals surface area contributed by atoms with E-state index >= 15 is 0 Å². The molecule has 3 aliphatic carbocycles. The number of rotatable bonds is 9. The number of ketones is 3. The van der Waals surface area contributed by atoms with Crippen molar-refractivity contribution in [3.05, 3.63) is 34.0 Å². The van der Waals surface area contributed by atoms with E-state index in [1.165, 1.54) is 0 Å². The number of aliphatic hydroxyl groups excluding tert-OH is 3. The van der Waals surface area contributed by atoms with Gasteiger partial charge in [-0.3, -0.25) is 14.4 Å². The van der Waals surface area contributed by atoms with Gasteiger partial charge in [0.15, 0.2) is 0 Å². The average Bonchev–Trinajstić information content (AvgIpc) is 2.98. The number of aliphatic hydroxyl groups is 3. The van der Waals surface area contributed by atoms with E-state index in [9.17, 15) is 44.1 Å². The number of Topliss-reactive ketones (excluding diaryl/α,β-unsaturated/α-hetero) is 3. The first kappa shape index (κ1) is 39.6. The molecule has 0 saturated heterocycles. The minimum atomic E-state index is -0.865. The van der Waals surface area contributed by atoms with E-state index in [0.29, 0.717) is 38.5 Å². The number of esters is 3. The van der Waals surface area contributed by atoms with E-state index in [4.69, 9.17) is 0 Å². The first-order valence-corrected chi connectivity index (χ1v) is 14.4. The molecule has 13 heteroatoms. The molecule has 0 heterocycles. The Kier molecular flexibility index (Phi) is 19.6. The summed E-state index contributed by atoms with van der Waals surface area (Å²) in [7, 11) is 0. The van der Waals surface area contributed by atoms with Crippen LogP contribution in [0.2, 0.25) is 0 Å². The third-order valence-electron chi connectivity index (χ3n) is 6.52. The zero-order valence-electron chi connectivity index (χ0n) is 25.0. The Labute approximate surface area is 262 Å².